The number of hydrogen-bond acceptors (Lipinski definition) is 4. The average molecular weight is 385 g/mol. The van der Waals surface area contributed by atoms with Gasteiger partial charge in [-0.2, -0.15) is 0 Å². The van der Waals surface area contributed by atoms with E-state index in [1.54, 1.807) is 16.1 Å². The molecule has 1 aromatic carbocycles. The number of sulfonamides is 1. The molecule has 8 heteroatoms. The molecule has 0 amide bonds. The minimum Gasteiger partial charge on any atom is -0.357 e. The van der Waals surface area contributed by atoms with Gasteiger partial charge in [0.2, 0.25) is 10.0 Å². The van der Waals surface area contributed by atoms with E-state index in [1.165, 1.54) is 10.5 Å². The Bertz CT molecular complexity index is 674. The van der Waals surface area contributed by atoms with E-state index < -0.39 is 10.0 Å². The monoisotopic (exact) mass is 384 g/mol. The van der Waals surface area contributed by atoms with Crippen LogP contribution >= 0.6 is 11.8 Å². The lowest BCUT2D eigenvalue weighted by molar-refractivity contribution is 0.445. The highest BCUT2D eigenvalue weighted by molar-refractivity contribution is 7.98. The lowest BCUT2D eigenvalue weighted by Crippen LogP contribution is -2.39. The van der Waals surface area contributed by atoms with Crippen molar-refractivity contribution in [3.05, 3.63) is 29.8 Å². The van der Waals surface area contributed by atoms with Crippen LogP contribution in [-0.4, -0.2) is 68.8 Å². The molecule has 0 spiro atoms. The zero-order chi connectivity index (χ0) is 18.3. The molecule has 0 saturated carbocycles. The Morgan fingerprint density at radius 1 is 1.36 bits per heavy atom. The molecule has 1 heterocycles. The van der Waals surface area contributed by atoms with Gasteiger partial charge < -0.3 is 10.2 Å². The summed E-state index contributed by atoms with van der Waals surface area (Å²) in [6, 6.07) is 8.50. The highest BCUT2D eigenvalue weighted by atomic mass is 32.2. The Morgan fingerprint density at radius 3 is 2.64 bits per heavy atom. The molecule has 0 aromatic heterocycles. The number of hydrogen-bond donors (Lipinski definition) is 1. The van der Waals surface area contributed by atoms with E-state index in [9.17, 15) is 8.42 Å². The van der Waals surface area contributed by atoms with Crippen LogP contribution in [0.15, 0.2) is 34.2 Å². The highest BCUT2D eigenvalue weighted by Crippen LogP contribution is 2.16. The molecule has 0 unspecified atom stereocenters. The van der Waals surface area contributed by atoms with Crippen LogP contribution in [-0.2, 0) is 16.6 Å². The van der Waals surface area contributed by atoms with Gasteiger partial charge in [-0.1, -0.05) is 12.1 Å². The van der Waals surface area contributed by atoms with Gasteiger partial charge in [-0.3, -0.25) is 4.99 Å². The predicted octanol–water partition coefficient (Wildman–Crippen LogP) is 1.84. The minimum absolute atomic E-state index is 0.267. The van der Waals surface area contributed by atoms with Crippen LogP contribution in [0.5, 0.6) is 0 Å². The summed E-state index contributed by atoms with van der Waals surface area (Å²) >= 11 is 1.73. The second kappa shape index (κ2) is 9.45. The van der Waals surface area contributed by atoms with Crippen LogP contribution in [0.1, 0.15) is 18.9 Å². The van der Waals surface area contributed by atoms with E-state index in [0.717, 1.165) is 25.5 Å². The molecular weight excluding hydrogens is 356 g/mol. The molecule has 1 saturated heterocycles. The normalized spacial score (nSPS) is 17.6. The van der Waals surface area contributed by atoms with E-state index in [0.29, 0.717) is 19.6 Å². The van der Waals surface area contributed by atoms with Crippen molar-refractivity contribution in [2.45, 2.75) is 24.8 Å². The molecule has 0 aliphatic carbocycles. The van der Waals surface area contributed by atoms with Gasteiger partial charge >= 0.3 is 0 Å². The summed E-state index contributed by atoms with van der Waals surface area (Å²) in [6.45, 7) is 5.09. The zero-order valence-electron chi connectivity index (χ0n) is 15.2. The van der Waals surface area contributed by atoms with Crippen LogP contribution < -0.4 is 5.32 Å². The molecule has 25 heavy (non-hydrogen) atoms. The summed E-state index contributed by atoms with van der Waals surface area (Å²) in [5, 5.41) is 3.28. The van der Waals surface area contributed by atoms with Crippen LogP contribution in [0.4, 0.5) is 0 Å². The molecule has 1 aromatic rings. The topological polar surface area (TPSA) is 65.0 Å². The number of thioether (sulfide) groups is 1. The Labute approximate surface area is 155 Å². The first kappa shape index (κ1) is 20.1. The summed E-state index contributed by atoms with van der Waals surface area (Å²) < 4.78 is 25.2. The van der Waals surface area contributed by atoms with Crippen LogP contribution in [0.3, 0.4) is 0 Å². The first-order valence-corrected chi connectivity index (χ1v) is 11.4. The SMILES string of the molecule is CCNC(=NCCN1CCCS1(=O)=O)N(C)Cc1ccc(SC)cc1. The Hall–Kier alpha value is -1.25. The first-order chi connectivity index (χ1) is 12.0. The van der Waals surface area contributed by atoms with Gasteiger partial charge in [0.15, 0.2) is 5.96 Å². The van der Waals surface area contributed by atoms with Crippen LogP contribution in [0, 0.1) is 0 Å². The van der Waals surface area contributed by atoms with E-state index in [-0.39, 0.29) is 5.75 Å². The molecule has 140 valence electrons. The Balaban J connectivity index is 1.95. The number of aliphatic imine (C=N–C) groups is 1. The fraction of sp³-hybridized carbons (Fsp3) is 0.588. The largest absolute Gasteiger partial charge is 0.357 e. The Morgan fingerprint density at radius 2 is 2.08 bits per heavy atom. The number of rotatable bonds is 7. The van der Waals surface area contributed by atoms with Gasteiger partial charge in [0.1, 0.15) is 0 Å². The highest BCUT2D eigenvalue weighted by Gasteiger charge is 2.27. The van der Waals surface area contributed by atoms with Gasteiger partial charge in [0.25, 0.3) is 0 Å². The summed E-state index contributed by atoms with van der Waals surface area (Å²) in [5.74, 6) is 1.07. The maximum atomic E-state index is 11.8. The van der Waals surface area contributed by atoms with E-state index in [2.05, 4.69) is 45.7 Å². The lowest BCUT2D eigenvalue weighted by Gasteiger charge is -2.22. The first-order valence-electron chi connectivity index (χ1n) is 8.56. The molecule has 0 radical (unpaired) electrons. The molecule has 0 atom stereocenters. The number of benzene rings is 1. The standard InChI is InChI=1S/C17H28N4O2S2/c1-4-18-17(19-10-12-21-11-5-13-25(21,22)23)20(2)14-15-6-8-16(24-3)9-7-15/h6-9H,4-5,10-14H2,1-3H3,(H,18,19). The van der Waals surface area contributed by atoms with Crippen LogP contribution in [0.25, 0.3) is 0 Å². The van der Waals surface area contributed by atoms with Crippen molar-refractivity contribution in [3.63, 3.8) is 0 Å². The van der Waals surface area contributed by atoms with Crippen molar-refractivity contribution in [3.8, 4) is 0 Å². The maximum absolute atomic E-state index is 11.8. The van der Waals surface area contributed by atoms with Crippen molar-refractivity contribution >= 4 is 27.7 Å². The molecule has 1 aliphatic heterocycles. The predicted molar refractivity (Wildman–Crippen MR) is 106 cm³/mol. The molecular formula is C17H28N4O2S2. The van der Waals surface area contributed by atoms with Gasteiger partial charge in [-0.05, 0) is 37.3 Å². The summed E-state index contributed by atoms with van der Waals surface area (Å²) in [7, 11) is -1.05. The maximum Gasteiger partial charge on any atom is 0.214 e. The van der Waals surface area contributed by atoms with Crippen molar-refractivity contribution in [2.24, 2.45) is 4.99 Å². The molecule has 1 aliphatic rings. The van der Waals surface area contributed by atoms with Gasteiger partial charge in [0, 0.05) is 38.1 Å². The van der Waals surface area contributed by atoms with E-state index in [4.69, 9.17) is 0 Å². The summed E-state index contributed by atoms with van der Waals surface area (Å²) in [4.78, 5) is 7.91. The van der Waals surface area contributed by atoms with Crippen molar-refractivity contribution < 1.29 is 8.42 Å². The third kappa shape index (κ3) is 5.90. The average Bonchev–Trinajstić information content (AvgIpc) is 2.93. The second-order valence-electron chi connectivity index (χ2n) is 6.01. The fourth-order valence-electron chi connectivity index (χ4n) is 2.76. The molecule has 1 N–H and O–H groups in total. The van der Waals surface area contributed by atoms with Crippen LogP contribution in [0.2, 0.25) is 0 Å². The van der Waals surface area contributed by atoms with Crippen molar-refractivity contribution in [1.29, 1.82) is 0 Å². The second-order valence-corrected chi connectivity index (χ2v) is 8.98. The van der Waals surface area contributed by atoms with E-state index in [1.807, 2.05) is 14.0 Å². The molecule has 6 nitrogen and oxygen atoms in total. The third-order valence-corrected chi connectivity index (χ3v) is 6.79. The van der Waals surface area contributed by atoms with Gasteiger partial charge in [-0.15, -0.1) is 11.8 Å². The lowest BCUT2D eigenvalue weighted by atomic mass is 10.2. The zero-order valence-corrected chi connectivity index (χ0v) is 16.9. The summed E-state index contributed by atoms with van der Waals surface area (Å²) in [5.41, 5.74) is 1.22. The Kier molecular flexibility index (Phi) is 7.58. The van der Waals surface area contributed by atoms with Gasteiger partial charge in [-0.25, -0.2) is 12.7 Å². The number of nitrogens with zero attached hydrogens (tertiary/aromatic N) is 3. The van der Waals surface area contributed by atoms with E-state index >= 15 is 0 Å². The minimum atomic E-state index is -3.04. The van der Waals surface area contributed by atoms with Gasteiger partial charge in [0.05, 0.1) is 12.3 Å². The molecule has 2 rings (SSSR count). The quantitative estimate of drug-likeness (QED) is 0.441. The summed E-state index contributed by atoms with van der Waals surface area (Å²) in [6.07, 6.45) is 2.79. The molecule has 1 fully saturated rings. The van der Waals surface area contributed by atoms with Crippen molar-refractivity contribution in [1.82, 2.24) is 14.5 Å². The molecule has 0 bridgehead atoms. The number of nitrogens with one attached hydrogen (secondary N) is 1. The smallest absolute Gasteiger partial charge is 0.214 e. The van der Waals surface area contributed by atoms with Crippen molar-refractivity contribution in [2.75, 3.05) is 45.2 Å². The fourth-order valence-corrected chi connectivity index (χ4v) is 4.69. The number of guanidine groups is 1. The third-order valence-electron chi connectivity index (χ3n) is 4.09.